The molecule has 3 nitrogen and oxygen atoms in total. The second-order valence-corrected chi connectivity index (χ2v) is 7.23. The van der Waals surface area contributed by atoms with Gasteiger partial charge in [0.15, 0.2) is 5.78 Å². The maximum Gasteiger partial charge on any atom is 0.168 e. The highest BCUT2D eigenvalue weighted by Gasteiger charge is 2.23. The molecule has 1 aliphatic rings. The molecule has 24 heavy (non-hydrogen) atoms. The minimum Gasteiger partial charge on any atom is -0.491 e. The van der Waals surface area contributed by atoms with Crippen LogP contribution in [0.2, 0.25) is 5.02 Å². The van der Waals surface area contributed by atoms with Gasteiger partial charge in [-0.2, -0.15) is 0 Å². The van der Waals surface area contributed by atoms with Crippen LogP contribution in [-0.4, -0.2) is 37.9 Å². The summed E-state index contributed by atoms with van der Waals surface area (Å²) < 4.78 is 5.92. The lowest BCUT2D eigenvalue weighted by Crippen LogP contribution is -2.19. The van der Waals surface area contributed by atoms with Crippen molar-refractivity contribution in [3.8, 4) is 5.75 Å². The Morgan fingerprint density at radius 3 is 2.79 bits per heavy atom. The van der Waals surface area contributed by atoms with Gasteiger partial charge in [0.2, 0.25) is 0 Å². The molecule has 0 aliphatic carbocycles. The van der Waals surface area contributed by atoms with Crippen LogP contribution in [0, 0.1) is 0 Å². The number of halogens is 2. The van der Waals surface area contributed by atoms with Crippen LogP contribution in [0.1, 0.15) is 15.9 Å². The molecule has 0 fully saturated rings. The Hall–Kier alpha value is -1.20. The van der Waals surface area contributed by atoms with Gasteiger partial charge in [-0.05, 0) is 50.0 Å². The quantitative estimate of drug-likeness (QED) is 0.771. The van der Waals surface area contributed by atoms with Crippen molar-refractivity contribution in [3.63, 3.8) is 0 Å². The summed E-state index contributed by atoms with van der Waals surface area (Å²) in [7, 11) is 4.01. The van der Waals surface area contributed by atoms with Gasteiger partial charge in [0, 0.05) is 28.4 Å². The molecule has 128 valence electrons. The van der Waals surface area contributed by atoms with Crippen molar-refractivity contribution in [2.24, 2.45) is 0 Å². The first kappa shape index (κ1) is 19.1. The number of rotatable bonds is 4. The van der Waals surface area contributed by atoms with Crippen molar-refractivity contribution in [3.05, 3.63) is 52.5 Å². The third-order valence-electron chi connectivity index (χ3n) is 3.66. The van der Waals surface area contributed by atoms with E-state index in [0.717, 1.165) is 33.2 Å². The second kappa shape index (κ2) is 8.26. The van der Waals surface area contributed by atoms with Gasteiger partial charge in [-0.15, -0.1) is 12.4 Å². The smallest absolute Gasteiger partial charge is 0.168 e. The van der Waals surface area contributed by atoms with E-state index < -0.39 is 0 Å². The van der Waals surface area contributed by atoms with Crippen LogP contribution in [0.25, 0.3) is 0 Å². The fourth-order valence-electron chi connectivity index (χ4n) is 2.46. The third kappa shape index (κ3) is 4.25. The maximum atomic E-state index is 12.6. The largest absolute Gasteiger partial charge is 0.491 e. The molecule has 0 aromatic heterocycles. The van der Waals surface area contributed by atoms with Gasteiger partial charge in [-0.1, -0.05) is 29.4 Å². The molecule has 0 spiro atoms. The molecule has 1 heterocycles. The number of likely N-dealkylation sites (N-methyl/N-ethyl adjacent to an activating group) is 1. The number of carbonyl (C=O) groups excluding carboxylic acids is 1. The zero-order valence-electron chi connectivity index (χ0n) is 13.5. The highest BCUT2D eigenvalue weighted by atomic mass is 35.5. The monoisotopic (exact) mass is 383 g/mol. The fraction of sp³-hybridized carbons (Fsp3) is 0.278. The number of nitrogens with zero attached hydrogens (tertiary/aromatic N) is 1. The molecule has 0 radical (unpaired) electrons. The van der Waals surface area contributed by atoms with Gasteiger partial charge >= 0.3 is 0 Å². The van der Waals surface area contributed by atoms with Crippen LogP contribution >= 0.6 is 35.8 Å². The Morgan fingerprint density at radius 2 is 2.04 bits per heavy atom. The molecule has 0 unspecified atom stereocenters. The average molecular weight is 384 g/mol. The number of carbonyl (C=O) groups is 1. The van der Waals surface area contributed by atoms with Gasteiger partial charge in [0.1, 0.15) is 12.4 Å². The molecule has 1 aliphatic heterocycles. The summed E-state index contributed by atoms with van der Waals surface area (Å²) in [6.07, 6.45) is 0.372. The molecule has 2 aromatic carbocycles. The topological polar surface area (TPSA) is 29.5 Å². The molecule has 3 rings (SSSR count). The molecule has 0 amide bonds. The highest BCUT2D eigenvalue weighted by Crippen LogP contribution is 2.42. The summed E-state index contributed by atoms with van der Waals surface area (Å²) in [6, 6.07) is 11.4. The summed E-state index contributed by atoms with van der Waals surface area (Å²) >= 11 is 7.65. The van der Waals surface area contributed by atoms with Crippen LogP contribution < -0.4 is 4.74 Å². The Labute approximate surface area is 157 Å². The lowest BCUT2D eigenvalue weighted by atomic mass is 10.0. The first-order valence-corrected chi connectivity index (χ1v) is 8.64. The van der Waals surface area contributed by atoms with E-state index in [1.165, 1.54) is 0 Å². The zero-order chi connectivity index (χ0) is 16.4. The van der Waals surface area contributed by atoms with Crippen LogP contribution in [0.4, 0.5) is 0 Å². The first-order valence-electron chi connectivity index (χ1n) is 7.44. The Bertz CT molecular complexity index is 750. The van der Waals surface area contributed by atoms with Crippen molar-refractivity contribution in [2.45, 2.75) is 16.2 Å². The lowest BCUT2D eigenvalue weighted by molar-refractivity contribution is 0.0989. The standard InChI is InChI=1S/C18H18ClNO2S.ClH/c1-20(2)8-9-22-16-5-3-4-14-15(21)11-12-10-13(19)6-7-17(12)23-18(14)16;/h3-7,10H,8-9,11H2,1-2H3;1H. The second-order valence-electron chi connectivity index (χ2n) is 5.74. The Morgan fingerprint density at radius 1 is 1.25 bits per heavy atom. The predicted octanol–water partition coefficient (Wildman–Crippen LogP) is 4.59. The van der Waals surface area contributed by atoms with Crippen molar-refractivity contribution in [1.82, 2.24) is 4.90 Å². The van der Waals surface area contributed by atoms with Gasteiger partial charge in [0.25, 0.3) is 0 Å². The summed E-state index contributed by atoms with van der Waals surface area (Å²) in [5.41, 5.74) is 1.70. The van der Waals surface area contributed by atoms with E-state index in [1.54, 1.807) is 11.8 Å². The van der Waals surface area contributed by atoms with E-state index in [0.29, 0.717) is 18.1 Å². The molecule has 0 bridgehead atoms. The van der Waals surface area contributed by atoms with E-state index in [-0.39, 0.29) is 18.2 Å². The van der Waals surface area contributed by atoms with Crippen LogP contribution in [0.3, 0.4) is 0 Å². The van der Waals surface area contributed by atoms with Crippen LogP contribution in [0.15, 0.2) is 46.2 Å². The van der Waals surface area contributed by atoms with Gasteiger partial charge in [-0.3, -0.25) is 4.79 Å². The zero-order valence-corrected chi connectivity index (χ0v) is 15.9. The van der Waals surface area contributed by atoms with Gasteiger partial charge in [-0.25, -0.2) is 0 Å². The van der Waals surface area contributed by atoms with Crippen molar-refractivity contribution >= 4 is 41.6 Å². The van der Waals surface area contributed by atoms with Crippen LogP contribution in [-0.2, 0) is 6.42 Å². The average Bonchev–Trinajstić information content (AvgIpc) is 2.63. The minimum atomic E-state index is 0. The van der Waals surface area contributed by atoms with Crippen LogP contribution in [0.5, 0.6) is 5.75 Å². The number of ketones is 1. The number of benzene rings is 2. The molecule has 0 saturated carbocycles. The number of ether oxygens (including phenoxy) is 1. The maximum absolute atomic E-state index is 12.6. The molecular weight excluding hydrogens is 365 g/mol. The van der Waals surface area contributed by atoms with E-state index in [9.17, 15) is 4.79 Å². The molecule has 6 heteroatoms. The SMILES string of the molecule is CN(C)CCOc1cccc2c1Sc1ccc(Cl)cc1CC2=O.Cl. The summed E-state index contributed by atoms with van der Waals surface area (Å²) in [5.74, 6) is 0.872. The number of hydrogen-bond donors (Lipinski definition) is 0. The third-order valence-corrected chi connectivity index (χ3v) is 5.14. The number of Topliss-reactive ketones (excluding diaryl/α,β-unsaturated/α-hetero) is 1. The van der Waals surface area contributed by atoms with Crippen molar-refractivity contribution in [1.29, 1.82) is 0 Å². The summed E-state index contributed by atoms with van der Waals surface area (Å²) in [6.45, 7) is 1.42. The van der Waals surface area contributed by atoms with Gasteiger partial charge in [0.05, 0.1) is 4.90 Å². The number of fused-ring (bicyclic) bond motifs is 2. The number of hydrogen-bond acceptors (Lipinski definition) is 4. The molecule has 0 N–H and O–H groups in total. The van der Waals surface area contributed by atoms with E-state index >= 15 is 0 Å². The Balaban J connectivity index is 0.00000208. The normalized spacial score (nSPS) is 12.9. The van der Waals surface area contributed by atoms with E-state index in [4.69, 9.17) is 16.3 Å². The summed E-state index contributed by atoms with van der Waals surface area (Å²) in [5, 5.41) is 0.658. The van der Waals surface area contributed by atoms with E-state index in [1.807, 2.05) is 50.5 Å². The first-order chi connectivity index (χ1) is 11.0. The van der Waals surface area contributed by atoms with Crippen molar-refractivity contribution in [2.75, 3.05) is 27.2 Å². The predicted molar refractivity (Wildman–Crippen MR) is 101 cm³/mol. The van der Waals surface area contributed by atoms with E-state index in [2.05, 4.69) is 4.90 Å². The molecule has 0 saturated heterocycles. The minimum absolute atomic E-state index is 0. The fourth-order valence-corrected chi connectivity index (χ4v) is 3.79. The summed E-state index contributed by atoms with van der Waals surface area (Å²) in [4.78, 5) is 16.6. The Kier molecular flexibility index (Phi) is 6.58. The lowest BCUT2D eigenvalue weighted by Gasteiger charge is -2.15. The molecule has 0 atom stereocenters. The van der Waals surface area contributed by atoms with Crippen molar-refractivity contribution < 1.29 is 9.53 Å². The molecular formula is C18H19Cl2NO2S. The van der Waals surface area contributed by atoms with Gasteiger partial charge < -0.3 is 9.64 Å². The highest BCUT2D eigenvalue weighted by molar-refractivity contribution is 7.99. The molecule has 2 aromatic rings.